The molecule has 0 aliphatic heterocycles. The van der Waals surface area contributed by atoms with E-state index in [9.17, 15) is 19.3 Å². The predicted molar refractivity (Wildman–Crippen MR) is 104 cm³/mol. The second kappa shape index (κ2) is 9.14. The maximum absolute atomic E-state index is 12.9. The molecule has 0 fully saturated rings. The van der Waals surface area contributed by atoms with Crippen LogP contribution in [0.3, 0.4) is 0 Å². The molecule has 5 nitrogen and oxygen atoms in total. The topological polar surface area (TPSA) is 64.1 Å². The molecule has 0 aliphatic carbocycles. The molecule has 7 heteroatoms. The van der Waals surface area contributed by atoms with Gasteiger partial charge >= 0.3 is 0 Å². The minimum atomic E-state index is -0.423. The van der Waals surface area contributed by atoms with Crippen molar-refractivity contribution in [2.45, 2.75) is 13.0 Å². The predicted octanol–water partition coefficient (Wildman–Crippen LogP) is 4.07. The minimum absolute atomic E-state index is 0. The van der Waals surface area contributed by atoms with Crippen molar-refractivity contribution in [3.63, 3.8) is 0 Å². The molecule has 0 unspecified atom stereocenters. The summed E-state index contributed by atoms with van der Waals surface area (Å²) in [4.78, 5) is 22.4. The summed E-state index contributed by atoms with van der Waals surface area (Å²) in [6.45, 7) is 0.170. The maximum Gasteiger partial charge on any atom is 0.269 e. The molecule has 2 aromatic carbocycles. The van der Waals surface area contributed by atoms with E-state index >= 15 is 0 Å². The SMILES string of the molecule is Br.O=C(C[n+]1ccc(Cc2ccc([N+](=O)[O-])cc2)cc1)c1ccc(F)cc1. The van der Waals surface area contributed by atoms with Gasteiger partial charge in [0.05, 0.1) is 4.92 Å². The van der Waals surface area contributed by atoms with Gasteiger partial charge in [0.2, 0.25) is 12.3 Å². The molecule has 3 rings (SSSR count). The highest BCUT2D eigenvalue weighted by Gasteiger charge is 2.12. The highest BCUT2D eigenvalue weighted by Crippen LogP contribution is 2.14. The van der Waals surface area contributed by atoms with Gasteiger partial charge in [-0.3, -0.25) is 14.9 Å². The Hall–Kier alpha value is -2.93. The lowest BCUT2D eigenvalue weighted by molar-refractivity contribution is -0.683. The van der Waals surface area contributed by atoms with Gasteiger partial charge in [-0.05, 0) is 41.8 Å². The molecule has 0 spiro atoms. The van der Waals surface area contributed by atoms with Crippen LogP contribution < -0.4 is 4.57 Å². The first-order valence-corrected chi connectivity index (χ1v) is 8.01. The van der Waals surface area contributed by atoms with Gasteiger partial charge in [-0.15, -0.1) is 17.0 Å². The van der Waals surface area contributed by atoms with E-state index in [1.165, 1.54) is 36.4 Å². The van der Waals surface area contributed by atoms with Crippen molar-refractivity contribution in [1.82, 2.24) is 0 Å². The molecule has 3 aromatic rings. The van der Waals surface area contributed by atoms with Gasteiger partial charge < -0.3 is 0 Å². The minimum Gasteiger partial charge on any atom is -0.287 e. The Morgan fingerprint density at radius 2 is 1.48 bits per heavy atom. The molecule has 0 amide bonds. The number of nitro groups is 1. The number of ketones is 1. The number of hydrogen-bond acceptors (Lipinski definition) is 3. The van der Waals surface area contributed by atoms with Gasteiger partial charge in [-0.2, -0.15) is 4.57 Å². The summed E-state index contributed by atoms with van der Waals surface area (Å²) in [5, 5.41) is 10.7. The molecule has 0 bridgehead atoms. The third-order valence-corrected chi connectivity index (χ3v) is 4.01. The van der Waals surface area contributed by atoms with Crippen molar-refractivity contribution in [1.29, 1.82) is 0 Å². The fourth-order valence-electron chi connectivity index (χ4n) is 2.58. The van der Waals surface area contributed by atoms with Crippen LogP contribution in [-0.2, 0) is 13.0 Å². The lowest BCUT2D eigenvalue weighted by Crippen LogP contribution is -2.37. The summed E-state index contributed by atoms with van der Waals surface area (Å²) >= 11 is 0. The van der Waals surface area contributed by atoms with Crippen LogP contribution in [0.1, 0.15) is 21.5 Å². The summed E-state index contributed by atoms with van der Waals surface area (Å²) in [6, 6.07) is 15.7. The standard InChI is InChI=1S/C20H16FN2O3.BrH/c21-18-5-3-17(4-6-18)20(24)14-22-11-9-16(10-12-22)13-15-1-7-19(8-2-15)23(25)26;/h1-12H,13-14H2;1H/q+1;. The normalized spacial score (nSPS) is 10.1. The van der Waals surface area contributed by atoms with Crippen molar-refractivity contribution in [2.75, 3.05) is 0 Å². The Morgan fingerprint density at radius 3 is 2.04 bits per heavy atom. The summed E-state index contributed by atoms with van der Waals surface area (Å²) in [5.74, 6) is -0.470. The molecule has 0 saturated carbocycles. The Labute approximate surface area is 166 Å². The average molecular weight is 432 g/mol. The zero-order valence-electron chi connectivity index (χ0n) is 14.2. The van der Waals surface area contributed by atoms with Crippen molar-refractivity contribution in [2.24, 2.45) is 0 Å². The summed E-state index contributed by atoms with van der Waals surface area (Å²) in [5.41, 5.74) is 2.54. The lowest BCUT2D eigenvalue weighted by atomic mass is 10.1. The molecule has 138 valence electrons. The fourth-order valence-corrected chi connectivity index (χ4v) is 2.58. The molecule has 1 heterocycles. The number of halogens is 2. The van der Waals surface area contributed by atoms with E-state index in [4.69, 9.17) is 0 Å². The molecule has 0 aliphatic rings. The van der Waals surface area contributed by atoms with Crippen molar-refractivity contribution >= 4 is 28.5 Å². The van der Waals surface area contributed by atoms with Crippen molar-refractivity contribution < 1.29 is 18.7 Å². The Kier molecular flexibility index (Phi) is 6.90. The fraction of sp³-hybridized carbons (Fsp3) is 0.100. The van der Waals surface area contributed by atoms with E-state index in [0.717, 1.165) is 11.1 Å². The number of pyridine rings is 1. The van der Waals surface area contributed by atoms with E-state index in [2.05, 4.69) is 0 Å². The summed E-state index contributed by atoms with van der Waals surface area (Å²) in [6.07, 6.45) is 4.26. The van der Waals surface area contributed by atoms with Crippen LogP contribution in [0, 0.1) is 15.9 Å². The van der Waals surface area contributed by atoms with Crippen LogP contribution in [0.15, 0.2) is 73.1 Å². The maximum atomic E-state index is 12.9. The van der Waals surface area contributed by atoms with Crippen molar-refractivity contribution in [3.05, 3.63) is 106 Å². The number of aromatic nitrogens is 1. The van der Waals surface area contributed by atoms with Crippen LogP contribution in [0.2, 0.25) is 0 Å². The highest BCUT2D eigenvalue weighted by molar-refractivity contribution is 8.93. The molecule has 0 saturated heterocycles. The third-order valence-electron chi connectivity index (χ3n) is 4.01. The molecule has 0 atom stereocenters. The van der Waals surface area contributed by atoms with Gasteiger partial charge in [0.15, 0.2) is 12.4 Å². The molecule has 27 heavy (non-hydrogen) atoms. The largest absolute Gasteiger partial charge is 0.287 e. The Balaban J connectivity index is 0.00000261. The number of hydrogen-bond donors (Lipinski definition) is 0. The van der Waals surface area contributed by atoms with Gasteiger partial charge in [0.1, 0.15) is 5.82 Å². The van der Waals surface area contributed by atoms with Gasteiger partial charge in [-0.1, -0.05) is 12.1 Å². The number of Topliss-reactive ketones (excluding diaryl/α,β-unsaturated/α-hetero) is 1. The third kappa shape index (κ3) is 5.52. The summed E-state index contributed by atoms with van der Waals surface area (Å²) in [7, 11) is 0. The molecular weight excluding hydrogens is 415 g/mol. The van der Waals surface area contributed by atoms with E-state index in [-0.39, 0.29) is 40.8 Å². The quantitative estimate of drug-likeness (QED) is 0.255. The smallest absolute Gasteiger partial charge is 0.269 e. The molecule has 1 aromatic heterocycles. The highest BCUT2D eigenvalue weighted by atomic mass is 79.9. The zero-order valence-corrected chi connectivity index (χ0v) is 16.0. The van der Waals surface area contributed by atoms with Gasteiger partial charge in [0.25, 0.3) is 5.69 Å². The average Bonchev–Trinajstić information content (AvgIpc) is 2.64. The van der Waals surface area contributed by atoms with E-state index in [1.54, 1.807) is 16.7 Å². The first-order chi connectivity index (χ1) is 12.5. The number of nitrogens with zero attached hydrogens (tertiary/aromatic N) is 2. The van der Waals surface area contributed by atoms with Crippen LogP contribution in [0.5, 0.6) is 0 Å². The monoisotopic (exact) mass is 431 g/mol. The van der Waals surface area contributed by atoms with E-state index in [0.29, 0.717) is 12.0 Å². The number of rotatable bonds is 6. The second-order valence-corrected chi connectivity index (χ2v) is 5.91. The number of non-ortho nitro benzene ring substituents is 1. The van der Waals surface area contributed by atoms with E-state index < -0.39 is 4.92 Å². The van der Waals surface area contributed by atoms with Crippen molar-refractivity contribution in [3.8, 4) is 0 Å². The van der Waals surface area contributed by atoms with Gasteiger partial charge in [-0.25, -0.2) is 4.39 Å². The van der Waals surface area contributed by atoms with Crippen LogP contribution in [-0.4, -0.2) is 10.7 Å². The molecule has 0 radical (unpaired) electrons. The van der Waals surface area contributed by atoms with Crippen LogP contribution in [0.25, 0.3) is 0 Å². The first kappa shape index (κ1) is 20.4. The number of carbonyl (C=O) groups excluding carboxylic acids is 1. The molecular formula is C20H17BrFN2O3+. The second-order valence-electron chi connectivity index (χ2n) is 5.91. The Morgan fingerprint density at radius 1 is 0.926 bits per heavy atom. The van der Waals surface area contributed by atoms with Crippen LogP contribution >= 0.6 is 17.0 Å². The summed E-state index contributed by atoms with van der Waals surface area (Å²) < 4.78 is 14.7. The lowest BCUT2D eigenvalue weighted by Gasteiger charge is -2.02. The number of carbonyl (C=O) groups is 1. The van der Waals surface area contributed by atoms with Gasteiger partial charge in [0, 0.05) is 29.8 Å². The van der Waals surface area contributed by atoms with Crippen LogP contribution in [0.4, 0.5) is 10.1 Å². The number of benzene rings is 2. The first-order valence-electron chi connectivity index (χ1n) is 8.01. The van der Waals surface area contributed by atoms with E-state index in [1.807, 2.05) is 24.5 Å². The number of nitro benzene ring substituents is 1. The molecule has 0 N–H and O–H groups in total. The Bertz CT molecular complexity index is 927. The zero-order chi connectivity index (χ0) is 18.5.